The number of hydrogen-bond donors (Lipinski definition) is 8. The van der Waals surface area contributed by atoms with Gasteiger partial charge in [-0.2, -0.15) is 0 Å². The maximum absolute atomic E-state index is 13.1. The number of carbonyl (C=O) groups is 10. The Bertz CT molecular complexity index is 2410. The molecule has 2 aliphatic rings. The summed E-state index contributed by atoms with van der Waals surface area (Å²) < 4.78 is 24.1. The maximum Gasteiger partial charge on any atom is 0.415 e. The molecule has 23 heteroatoms. The van der Waals surface area contributed by atoms with E-state index in [0.717, 1.165) is 75.6 Å². The van der Waals surface area contributed by atoms with Crippen LogP contribution in [0.2, 0.25) is 0 Å². The molecule has 2 aliphatic heterocycles. The van der Waals surface area contributed by atoms with Crippen molar-refractivity contribution in [2.45, 2.75) is 235 Å². The summed E-state index contributed by atoms with van der Waals surface area (Å²) >= 11 is 0. The normalized spacial score (nSPS) is 15.1. The minimum absolute atomic E-state index is 0.0299. The van der Waals surface area contributed by atoms with E-state index in [2.05, 4.69) is 67.5 Å². The van der Waals surface area contributed by atoms with Gasteiger partial charge in [0.1, 0.15) is 34.7 Å². The molecule has 0 saturated carbocycles. The largest absolute Gasteiger partial charge is 0.444 e. The fourth-order valence-electron chi connectivity index (χ4n) is 8.39. The quantitative estimate of drug-likeness (QED) is 0.0151. The smallest absolute Gasteiger partial charge is 0.415 e. The summed E-state index contributed by atoms with van der Waals surface area (Å²) in [6.45, 7) is 30.1. The number of unbranched alkanes of at least 4 members (excludes halogenated alkanes) is 3. The molecule has 2 heterocycles. The van der Waals surface area contributed by atoms with E-state index in [4.69, 9.17) is 19.9 Å². The van der Waals surface area contributed by atoms with E-state index in [1.165, 1.54) is 12.8 Å². The van der Waals surface area contributed by atoms with Gasteiger partial charge in [0.2, 0.25) is 11.8 Å². The number of hydrogen-bond acceptors (Lipinski definition) is 16. The average molecular weight is 1270 g/mol. The molecule has 5 atom stereocenters. The van der Waals surface area contributed by atoms with Crippen molar-refractivity contribution >= 4 is 60.0 Å². The van der Waals surface area contributed by atoms with Crippen LogP contribution < -0.4 is 43.0 Å². The summed E-state index contributed by atoms with van der Waals surface area (Å²) in [6.07, 6.45) is 10.3. The van der Waals surface area contributed by atoms with Crippen LogP contribution in [0.15, 0.2) is 60.7 Å². The fraction of sp³-hybridized carbons (Fsp3) is 0.672. The molecule has 2 saturated heterocycles. The molecule has 0 aliphatic carbocycles. The van der Waals surface area contributed by atoms with Gasteiger partial charge in [-0.3, -0.25) is 14.4 Å². The Hall–Kier alpha value is -7.30. The summed E-state index contributed by atoms with van der Waals surface area (Å²) in [5, 5.41) is 18.8. The third-order valence-electron chi connectivity index (χ3n) is 13.1. The molecule has 0 spiro atoms. The fourth-order valence-corrected chi connectivity index (χ4v) is 8.39. The topological polar surface area (TPSA) is 327 Å². The van der Waals surface area contributed by atoms with Gasteiger partial charge >= 0.3 is 42.4 Å². The van der Waals surface area contributed by atoms with Crippen LogP contribution in [0.3, 0.4) is 0 Å². The highest BCUT2D eigenvalue weighted by molar-refractivity contribution is 5.96. The van der Waals surface area contributed by atoms with Crippen LogP contribution >= 0.6 is 0 Å². The lowest BCUT2D eigenvalue weighted by atomic mass is 9.86. The van der Waals surface area contributed by atoms with E-state index in [0.29, 0.717) is 64.7 Å². The first kappa shape index (κ1) is 82.7. The van der Waals surface area contributed by atoms with Crippen LogP contribution in [-0.4, -0.2) is 128 Å². The number of ketones is 1. The second kappa shape index (κ2) is 46.7. The number of cyclic esters (lactones) is 4. The SMILES string of the molecule is CC(C)(C)OC(=O)NCCC[C@@H]1NC(=O)OC1=O.CCCCN.CCCCNC(=O)[C@@H](CC)CCCNC(=O)OC(C)(C)C.CCCCNC(=O)[C@H](CCCNC(=O)OC(C)(C)C)CC(=O)[C@@H](CC)Cc1ccccc1.O=C1N[C@@H](Cc2ccccc2)C(=O)O1. The number of nitrogens with one attached hydrogen (secondary N) is 7. The molecule has 2 fully saturated rings. The maximum atomic E-state index is 13.1. The first-order valence-electron chi connectivity index (χ1n) is 32.2. The van der Waals surface area contributed by atoms with Gasteiger partial charge in [0.25, 0.3) is 0 Å². The molecule has 2 aromatic rings. The zero-order valence-electron chi connectivity index (χ0n) is 56.6. The molecule has 0 aromatic heterocycles. The van der Waals surface area contributed by atoms with Crippen molar-refractivity contribution in [3.05, 3.63) is 71.8 Å². The van der Waals surface area contributed by atoms with E-state index in [1.54, 1.807) is 20.8 Å². The van der Waals surface area contributed by atoms with Crippen molar-refractivity contribution < 1.29 is 71.6 Å². The van der Waals surface area contributed by atoms with Crippen molar-refractivity contribution in [1.29, 1.82) is 0 Å². The molecule has 2 aromatic carbocycles. The lowest BCUT2D eigenvalue weighted by Gasteiger charge is -2.21. The highest BCUT2D eigenvalue weighted by atomic mass is 16.6. The van der Waals surface area contributed by atoms with Gasteiger partial charge in [-0.1, -0.05) is 115 Å². The monoisotopic (exact) mass is 1270 g/mol. The van der Waals surface area contributed by atoms with Gasteiger partial charge in [0.05, 0.1) is 0 Å². The minimum atomic E-state index is -0.717. The summed E-state index contributed by atoms with van der Waals surface area (Å²) in [5.74, 6) is -1.33. The molecule has 0 radical (unpaired) electrons. The Labute approximate surface area is 536 Å². The first-order valence-corrected chi connectivity index (χ1v) is 32.2. The molecular weight excluding hydrogens is 1160 g/mol. The highest BCUT2D eigenvalue weighted by Crippen LogP contribution is 2.21. The van der Waals surface area contributed by atoms with Crippen LogP contribution in [0, 0.1) is 17.8 Å². The molecule has 510 valence electrons. The van der Waals surface area contributed by atoms with Gasteiger partial charge in [-0.15, -0.1) is 0 Å². The van der Waals surface area contributed by atoms with Gasteiger partial charge in [-0.05, 0) is 157 Å². The predicted molar refractivity (Wildman–Crippen MR) is 348 cm³/mol. The van der Waals surface area contributed by atoms with Crippen LogP contribution in [0.25, 0.3) is 0 Å². The average Bonchev–Trinajstić information content (AvgIpc) is 2.34. The number of esters is 2. The zero-order valence-corrected chi connectivity index (χ0v) is 56.6. The lowest BCUT2D eigenvalue weighted by Crippen LogP contribution is -2.35. The molecule has 0 bridgehead atoms. The van der Waals surface area contributed by atoms with Gasteiger partial charge in [0, 0.05) is 63.3 Å². The second-order valence-corrected chi connectivity index (χ2v) is 24.9. The summed E-state index contributed by atoms with van der Waals surface area (Å²) in [5.41, 5.74) is 5.71. The van der Waals surface area contributed by atoms with E-state index in [9.17, 15) is 47.9 Å². The number of carbonyl (C=O) groups excluding carboxylic acids is 10. The van der Waals surface area contributed by atoms with Crippen LogP contribution in [0.5, 0.6) is 0 Å². The predicted octanol–water partition coefficient (Wildman–Crippen LogP) is 10.8. The van der Waals surface area contributed by atoms with E-state index < -0.39 is 71.3 Å². The van der Waals surface area contributed by atoms with Crippen molar-refractivity contribution in [3.8, 4) is 0 Å². The van der Waals surface area contributed by atoms with E-state index in [1.807, 2.05) is 116 Å². The van der Waals surface area contributed by atoms with E-state index in [-0.39, 0.29) is 41.8 Å². The Morgan fingerprint density at radius 3 is 1.23 bits per heavy atom. The number of rotatable bonds is 31. The second-order valence-electron chi connectivity index (χ2n) is 24.9. The Morgan fingerprint density at radius 1 is 0.489 bits per heavy atom. The molecule has 90 heavy (non-hydrogen) atoms. The highest BCUT2D eigenvalue weighted by Gasteiger charge is 2.33. The number of alkyl carbamates (subject to hydrolysis) is 5. The van der Waals surface area contributed by atoms with Crippen LogP contribution in [-0.2, 0) is 60.5 Å². The van der Waals surface area contributed by atoms with Crippen molar-refractivity contribution in [2.24, 2.45) is 23.5 Å². The lowest BCUT2D eigenvalue weighted by molar-refractivity contribution is -0.136. The Kier molecular flexibility index (Phi) is 42.9. The summed E-state index contributed by atoms with van der Waals surface area (Å²) in [7, 11) is 0. The molecule has 23 nitrogen and oxygen atoms in total. The molecule has 9 N–H and O–H groups in total. The Morgan fingerprint density at radius 2 is 0.867 bits per heavy atom. The van der Waals surface area contributed by atoms with Crippen molar-refractivity contribution in [3.63, 3.8) is 0 Å². The third kappa shape index (κ3) is 43.4. The minimum Gasteiger partial charge on any atom is -0.444 e. The van der Waals surface area contributed by atoms with Crippen LogP contribution in [0.4, 0.5) is 24.0 Å². The molecular formula is C67H112N8O15. The Balaban J connectivity index is 0.00000119. The van der Waals surface area contributed by atoms with Crippen LogP contribution in [0.1, 0.15) is 204 Å². The third-order valence-corrected chi connectivity index (χ3v) is 13.1. The standard InChI is InChI=1S/C26H42N2O4.C16H32N2O3.C11H18N2O5.C10H9NO3.C4H11N/c1-6-8-16-27-24(30)22(15-12-17-28-25(31)32-26(3,4)5)19-23(29)21(7-2)18-20-13-10-9-11-14-20;1-6-8-11-17-14(19)13(7-2)10-9-12-18-15(20)21-16(3,4)5;1-11(2,3)18-9(15)12-6-4-5-7-8(14)17-10(16)13-7;12-9-8(11-10(13)14-9)6-7-4-2-1-3-5-7;1-2-3-4-5/h9-11,13-14,21-22H,6-8,12,15-19H2,1-5H3,(H,27,30)(H,28,31);13H,6-12H2,1-5H3,(H,17,19)(H,18,20);7H,4-6H2,1-3H3,(H,12,15)(H,13,16);1-5,8H,6H2,(H,11,13);2-5H2,1H3/t21-,22+;13-;7-;8-;/m0000./s1. The number of ether oxygens (including phenoxy) is 5. The van der Waals surface area contributed by atoms with Gasteiger partial charge in [0.15, 0.2) is 0 Å². The number of Topliss-reactive ketones (excluding diaryl/α,β-unsaturated/α-hetero) is 1. The van der Waals surface area contributed by atoms with E-state index >= 15 is 0 Å². The van der Waals surface area contributed by atoms with Gasteiger partial charge in [-0.25, -0.2) is 33.6 Å². The summed E-state index contributed by atoms with van der Waals surface area (Å²) in [4.78, 5) is 116. The number of nitrogens with two attached hydrogens (primary N) is 1. The zero-order chi connectivity index (χ0) is 68.1. The first-order chi connectivity index (χ1) is 42.4. The number of benzene rings is 2. The van der Waals surface area contributed by atoms with Crippen molar-refractivity contribution in [2.75, 3.05) is 39.3 Å². The molecule has 7 amide bonds. The molecule has 0 unspecified atom stereocenters. The number of amides is 7. The van der Waals surface area contributed by atoms with Crippen molar-refractivity contribution in [1.82, 2.24) is 37.2 Å². The van der Waals surface area contributed by atoms with Gasteiger partial charge < -0.3 is 66.6 Å². The molecule has 4 rings (SSSR count). The summed E-state index contributed by atoms with van der Waals surface area (Å²) in [6, 6.07) is 18.3.